The molecular weight excluding hydrogens is 1230 g/mol. The van der Waals surface area contributed by atoms with Crippen molar-refractivity contribution in [3.05, 3.63) is 0 Å². The Bertz CT molecular complexity index is 2560. The van der Waals surface area contributed by atoms with E-state index in [2.05, 4.69) is 21.3 Å². The number of nitrogens with one attached hydrogen (secondary N) is 4. The van der Waals surface area contributed by atoms with Crippen LogP contribution in [-0.4, -0.2) is 233 Å². The van der Waals surface area contributed by atoms with E-state index >= 15 is 4.39 Å². The molecule has 93 heavy (non-hydrogen) atoms. The number of hydrogen-bond donors (Lipinski definition) is 4. The van der Waals surface area contributed by atoms with Crippen LogP contribution in [-0.2, 0) is 52.7 Å². The topological polar surface area (TPSA) is 259 Å². The summed E-state index contributed by atoms with van der Waals surface area (Å²) >= 11 is 6.49. The Hall–Kier alpha value is -5.82. The van der Waals surface area contributed by atoms with Gasteiger partial charge in [-0.2, -0.15) is 13.2 Å². The third-order valence-corrected chi connectivity index (χ3v) is 19.8. The number of likely N-dealkylation sites (N-methyl/N-ethyl adjacent to an activating group) is 7. The summed E-state index contributed by atoms with van der Waals surface area (Å²) < 4.78 is 56.5. The lowest BCUT2D eigenvalue weighted by Crippen LogP contribution is -2.63. The first-order chi connectivity index (χ1) is 43.2. The number of nitrogens with zero attached hydrogens (tertiary/aromatic N) is 7. The number of rotatable bonds is 15. The van der Waals surface area contributed by atoms with Crippen molar-refractivity contribution in [2.45, 2.75) is 251 Å². The van der Waals surface area contributed by atoms with Gasteiger partial charge in [-0.05, 0) is 141 Å². The summed E-state index contributed by atoms with van der Waals surface area (Å²) in [6, 6.07) is -8.13. The highest BCUT2D eigenvalue weighted by Crippen LogP contribution is 2.43. The molecule has 0 aromatic heterocycles. The second-order valence-electron chi connectivity index (χ2n) is 28.1. The Labute approximate surface area is 555 Å². The number of carbonyl (C=O) groups excluding carboxylic acids is 11. The number of carbonyl (C=O) groups is 11. The SMILES string of the molecule is CCCC[C@@H]1NC(=O)[C@H](CCC2CCC(C(F)(F)F)C(F)C2)NC(=O)CN(C)C(=O)[C@H](CC2CCC(Cl)CC2)N(CC)C(=O)CN(C)C(=O)CN(C)C(=O)[C@H]([C@@H](C)CC)NC(=O)[C@H](CC(C)C)N(C)C(=O)C[C@@H](C)N(C)C(=O)[C@H](CC(C)C)NC(=O)C(C)(C)N(C)C1=O. The van der Waals surface area contributed by atoms with Crippen molar-refractivity contribution < 1.29 is 70.3 Å². The molecule has 0 aromatic carbocycles. The van der Waals surface area contributed by atoms with Crippen LogP contribution in [0.15, 0.2) is 0 Å². The van der Waals surface area contributed by atoms with Crippen molar-refractivity contribution in [1.29, 1.82) is 0 Å². The van der Waals surface area contributed by atoms with Crippen LogP contribution in [0.2, 0.25) is 0 Å². The van der Waals surface area contributed by atoms with E-state index in [-0.39, 0.29) is 81.0 Å². The van der Waals surface area contributed by atoms with Gasteiger partial charge in [0.05, 0.1) is 25.6 Å². The van der Waals surface area contributed by atoms with Crippen molar-refractivity contribution in [1.82, 2.24) is 55.6 Å². The zero-order valence-corrected chi connectivity index (χ0v) is 59.3. The summed E-state index contributed by atoms with van der Waals surface area (Å²) in [4.78, 5) is 168. The molecule has 3 rings (SSSR count). The quantitative estimate of drug-likeness (QED) is 0.102. The molecule has 3 fully saturated rings. The van der Waals surface area contributed by atoms with Crippen molar-refractivity contribution in [2.75, 3.05) is 68.5 Å². The largest absolute Gasteiger partial charge is 0.394 e. The monoisotopic (exact) mass is 1350 g/mol. The van der Waals surface area contributed by atoms with E-state index in [4.69, 9.17) is 11.6 Å². The van der Waals surface area contributed by atoms with E-state index in [0.29, 0.717) is 44.9 Å². The Kier molecular flexibility index (Phi) is 32.3. The highest BCUT2D eigenvalue weighted by atomic mass is 35.5. The number of unbranched alkanes of at least 4 members (excludes halogenated alkanes) is 1. The smallest absolute Gasteiger partial charge is 0.343 e. The fraction of sp³-hybridized carbons (Fsp3) is 0.833. The molecule has 1 heterocycles. The molecule has 0 spiro atoms. The summed E-state index contributed by atoms with van der Waals surface area (Å²) in [7, 11) is 8.44. The number of hydrogen-bond acceptors (Lipinski definition) is 11. The molecule has 11 amide bonds. The van der Waals surface area contributed by atoms with Crippen molar-refractivity contribution >= 4 is 76.6 Å². The van der Waals surface area contributed by atoms with E-state index in [0.717, 1.165) is 19.6 Å². The van der Waals surface area contributed by atoms with Crippen LogP contribution in [0.5, 0.6) is 0 Å². The van der Waals surface area contributed by atoms with Crippen LogP contribution in [0.3, 0.4) is 0 Å². The third kappa shape index (κ3) is 23.8. The van der Waals surface area contributed by atoms with Gasteiger partial charge in [0.25, 0.3) is 0 Å². The third-order valence-electron chi connectivity index (χ3n) is 19.4. The van der Waals surface area contributed by atoms with Gasteiger partial charge in [0, 0.05) is 66.7 Å². The average molecular weight is 1350 g/mol. The Balaban J connectivity index is 2.22. The molecule has 3 aliphatic rings. The predicted octanol–water partition coefficient (Wildman–Crippen LogP) is 6.45. The van der Waals surface area contributed by atoms with Crippen LogP contribution in [0.4, 0.5) is 17.6 Å². The van der Waals surface area contributed by atoms with Crippen LogP contribution in [0, 0.1) is 35.5 Å². The second kappa shape index (κ2) is 36.9. The van der Waals surface area contributed by atoms with Gasteiger partial charge < -0.3 is 55.6 Å². The van der Waals surface area contributed by atoms with E-state index in [9.17, 15) is 65.9 Å². The van der Waals surface area contributed by atoms with Gasteiger partial charge in [-0.1, -0.05) is 67.7 Å². The standard InChI is InChI=1S/C66H112ClF4N11O11/c1-18-21-22-49-61(90)81(17)65(10,11)64(93)74-50(31-39(4)5)60(89)79(15)42(9)33-54(84)80(16)51(32-40(6)7)59(88)75-57(41(8)19-2)63(92)78(14)37-55(85)76(12)38-56(86)82(20-3)52(35-44-23-27-45(67)28-24-44)62(91)77(13)36-53(83)72-48(58(87)73-49)30-26-43-25-29-46(47(68)34-43)66(69,70)71/h39-52,57H,18-38H2,1-17H3,(H,72,83)(H,73,87)(H,74,93)(H,75,88)/t41-,42+,43?,44?,45?,46?,47?,48-,49-,50-,51-,52-,57-/m0/s1. The lowest BCUT2D eigenvalue weighted by Gasteiger charge is -2.39. The van der Waals surface area contributed by atoms with Gasteiger partial charge in [0.15, 0.2) is 0 Å². The maximum atomic E-state index is 15.2. The molecule has 11 atom stereocenters. The number of amides is 11. The average Bonchev–Trinajstić information content (AvgIpc) is 0.864. The molecule has 2 aliphatic carbocycles. The van der Waals surface area contributed by atoms with E-state index in [1.54, 1.807) is 20.8 Å². The number of alkyl halides is 5. The number of halogens is 5. The molecule has 1 saturated heterocycles. The van der Waals surface area contributed by atoms with Crippen molar-refractivity contribution in [3.8, 4) is 0 Å². The highest BCUT2D eigenvalue weighted by Gasteiger charge is 2.48. The van der Waals surface area contributed by atoms with Crippen LogP contribution >= 0.6 is 11.6 Å². The Morgan fingerprint density at radius 1 is 0.591 bits per heavy atom. The molecule has 27 heteroatoms. The van der Waals surface area contributed by atoms with Gasteiger partial charge in [0.1, 0.15) is 48.0 Å². The van der Waals surface area contributed by atoms with Crippen LogP contribution in [0.1, 0.15) is 185 Å². The van der Waals surface area contributed by atoms with E-state index < -0.39 is 175 Å². The lowest BCUT2D eigenvalue weighted by atomic mass is 9.78. The summed E-state index contributed by atoms with van der Waals surface area (Å²) in [5.74, 6) is -10.9. The highest BCUT2D eigenvalue weighted by molar-refractivity contribution is 6.20. The van der Waals surface area contributed by atoms with Gasteiger partial charge >= 0.3 is 6.18 Å². The first-order valence-corrected chi connectivity index (χ1v) is 34.0. The molecule has 1 aliphatic heterocycles. The zero-order valence-electron chi connectivity index (χ0n) is 58.5. The van der Waals surface area contributed by atoms with Gasteiger partial charge in [-0.15, -0.1) is 11.6 Å². The normalized spacial score (nSPS) is 29.4. The molecule has 532 valence electrons. The van der Waals surface area contributed by atoms with E-state index in [1.165, 1.54) is 70.8 Å². The minimum atomic E-state index is -4.75. The summed E-state index contributed by atoms with van der Waals surface area (Å²) in [6.07, 6.45) is -3.85. The van der Waals surface area contributed by atoms with Gasteiger partial charge in [0.2, 0.25) is 65.0 Å². The van der Waals surface area contributed by atoms with E-state index in [1.807, 2.05) is 41.5 Å². The molecule has 3 unspecified atom stereocenters. The molecule has 0 radical (unpaired) electrons. The predicted molar refractivity (Wildman–Crippen MR) is 347 cm³/mol. The fourth-order valence-electron chi connectivity index (χ4n) is 12.5. The minimum Gasteiger partial charge on any atom is -0.343 e. The summed E-state index contributed by atoms with van der Waals surface area (Å²) in [6.45, 7) is 17.4. The zero-order chi connectivity index (χ0) is 70.7. The molecule has 0 bridgehead atoms. The fourth-order valence-corrected chi connectivity index (χ4v) is 12.8. The first-order valence-electron chi connectivity index (χ1n) is 33.6. The first kappa shape index (κ1) is 81.4. The molecule has 0 aromatic rings. The maximum absolute atomic E-state index is 15.2. The second-order valence-corrected chi connectivity index (χ2v) is 28.7. The summed E-state index contributed by atoms with van der Waals surface area (Å²) in [5, 5.41) is 11.1. The molecule has 4 N–H and O–H groups in total. The molecular formula is C66H112ClF4N11O11. The summed E-state index contributed by atoms with van der Waals surface area (Å²) in [5.41, 5.74) is -1.70. The molecule has 2 saturated carbocycles. The van der Waals surface area contributed by atoms with Gasteiger partial charge in [-0.25, -0.2) is 4.39 Å². The van der Waals surface area contributed by atoms with Crippen LogP contribution in [0.25, 0.3) is 0 Å². The Morgan fingerprint density at radius 2 is 1.17 bits per heavy atom. The van der Waals surface area contributed by atoms with Crippen molar-refractivity contribution in [2.24, 2.45) is 35.5 Å². The van der Waals surface area contributed by atoms with Gasteiger partial charge in [-0.3, -0.25) is 52.7 Å². The Morgan fingerprint density at radius 3 is 1.72 bits per heavy atom. The minimum absolute atomic E-state index is 0.00427. The maximum Gasteiger partial charge on any atom is 0.394 e. The molecule has 22 nitrogen and oxygen atoms in total. The van der Waals surface area contributed by atoms with Crippen LogP contribution < -0.4 is 21.3 Å². The van der Waals surface area contributed by atoms with Crippen molar-refractivity contribution in [3.63, 3.8) is 0 Å². The lowest BCUT2D eigenvalue weighted by molar-refractivity contribution is -0.201.